The molecular weight excluding hydrogens is 408 g/mol. The van der Waals surface area contributed by atoms with Crippen molar-refractivity contribution in [1.29, 1.82) is 0 Å². The summed E-state index contributed by atoms with van der Waals surface area (Å²) >= 11 is 1.55. The summed E-state index contributed by atoms with van der Waals surface area (Å²) < 4.78 is 21.2. The molecular formula is C21H16N2O6S. The lowest BCUT2D eigenvalue weighted by molar-refractivity contribution is -0.136. The van der Waals surface area contributed by atoms with Gasteiger partial charge in [-0.2, -0.15) is 5.10 Å². The van der Waals surface area contributed by atoms with Gasteiger partial charge in [0.25, 0.3) is 5.91 Å². The SMILES string of the molecule is O=C(OCC(=O)N1N=C(c2cccs2)CC1c1ccco1)c1ccc2c(c1)OCO2. The second-order valence-electron chi connectivity index (χ2n) is 6.64. The third-order valence-corrected chi connectivity index (χ3v) is 5.70. The molecule has 3 aromatic rings. The van der Waals surface area contributed by atoms with Gasteiger partial charge in [-0.3, -0.25) is 4.79 Å². The molecule has 2 aromatic heterocycles. The third kappa shape index (κ3) is 3.43. The topological polar surface area (TPSA) is 90.6 Å². The first-order valence-corrected chi connectivity index (χ1v) is 10.1. The molecule has 5 rings (SSSR count). The third-order valence-electron chi connectivity index (χ3n) is 4.78. The molecule has 4 heterocycles. The zero-order valence-electron chi connectivity index (χ0n) is 15.6. The molecule has 1 aromatic carbocycles. The minimum absolute atomic E-state index is 0.111. The number of carbonyl (C=O) groups excluding carboxylic acids is 2. The molecule has 8 nitrogen and oxygen atoms in total. The first-order chi connectivity index (χ1) is 14.7. The van der Waals surface area contributed by atoms with Crippen molar-refractivity contribution in [2.45, 2.75) is 12.5 Å². The molecule has 0 spiro atoms. The van der Waals surface area contributed by atoms with E-state index >= 15 is 0 Å². The lowest BCUT2D eigenvalue weighted by atomic mass is 10.1. The van der Waals surface area contributed by atoms with Crippen molar-refractivity contribution in [3.8, 4) is 11.5 Å². The van der Waals surface area contributed by atoms with Crippen LogP contribution in [0.25, 0.3) is 0 Å². The quantitative estimate of drug-likeness (QED) is 0.581. The second-order valence-corrected chi connectivity index (χ2v) is 7.59. The van der Waals surface area contributed by atoms with E-state index in [0.717, 1.165) is 10.6 Å². The number of nitrogens with zero attached hydrogens (tertiary/aromatic N) is 2. The number of benzene rings is 1. The summed E-state index contributed by atoms with van der Waals surface area (Å²) in [6, 6.07) is 11.8. The molecule has 2 aliphatic heterocycles. The van der Waals surface area contributed by atoms with Gasteiger partial charge in [-0.1, -0.05) is 6.07 Å². The fourth-order valence-corrected chi connectivity index (χ4v) is 4.06. The lowest BCUT2D eigenvalue weighted by Crippen LogP contribution is -2.31. The van der Waals surface area contributed by atoms with Crippen LogP contribution in [0, 0.1) is 0 Å². The number of hydrogen-bond donors (Lipinski definition) is 0. The highest BCUT2D eigenvalue weighted by atomic mass is 32.1. The maximum absolute atomic E-state index is 12.8. The van der Waals surface area contributed by atoms with E-state index in [-0.39, 0.29) is 18.4 Å². The van der Waals surface area contributed by atoms with Crippen LogP contribution in [-0.4, -0.2) is 36.0 Å². The molecule has 0 fully saturated rings. The van der Waals surface area contributed by atoms with Crippen molar-refractivity contribution >= 4 is 28.9 Å². The zero-order valence-corrected chi connectivity index (χ0v) is 16.5. The van der Waals surface area contributed by atoms with E-state index in [1.165, 1.54) is 11.1 Å². The average molecular weight is 424 g/mol. The number of hydrogen-bond acceptors (Lipinski definition) is 8. The molecule has 9 heteroatoms. The summed E-state index contributed by atoms with van der Waals surface area (Å²) in [7, 11) is 0. The fraction of sp³-hybridized carbons (Fsp3) is 0.190. The van der Waals surface area contributed by atoms with Crippen LogP contribution in [0.1, 0.15) is 33.5 Å². The van der Waals surface area contributed by atoms with Gasteiger partial charge in [0.05, 0.1) is 22.4 Å². The van der Waals surface area contributed by atoms with E-state index in [0.29, 0.717) is 23.7 Å². The number of esters is 1. The maximum Gasteiger partial charge on any atom is 0.338 e. The lowest BCUT2D eigenvalue weighted by Gasteiger charge is -2.19. The summed E-state index contributed by atoms with van der Waals surface area (Å²) in [5, 5.41) is 7.78. The molecule has 1 amide bonds. The monoisotopic (exact) mass is 424 g/mol. The molecule has 1 atom stereocenters. The number of rotatable bonds is 5. The molecule has 0 bridgehead atoms. The summed E-state index contributed by atoms with van der Waals surface area (Å²) in [6.45, 7) is -0.328. The predicted molar refractivity (Wildman–Crippen MR) is 107 cm³/mol. The molecule has 0 saturated heterocycles. The molecule has 0 saturated carbocycles. The van der Waals surface area contributed by atoms with Crippen molar-refractivity contribution in [3.05, 3.63) is 70.3 Å². The van der Waals surface area contributed by atoms with Crippen molar-refractivity contribution in [3.63, 3.8) is 0 Å². The largest absolute Gasteiger partial charge is 0.467 e. The number of thiophene rings is 1. The van der Waals surface area contributed by atoms with Crippen LogP contribution in [0.3, 0.4) is 0 Å². The summed E-state index contributed by atoms with van der Waals surface area (Å²) in [5.41, 5.74) is 1.07. The van der Waals surface area contributed by atoms with E-state index in [1.54, 1.807) is 41.9 Å². The number of fused-ring (bicyclic) bond motifs is 1. The Morgan fingerprint density at radius 2 is 2.07 bits per heavy atom. The Labute approximate surface area is 175 Å². The smallest absolute Gasteiger partial charge is 0.338 e. The zero-order chi connectivity index (χ0) is 20.5. The normalized spacial score (nSPS) is 17.1. The van der Waals surface area contributed by atoms with Gasteiger partial charge in [-0.05, 0) is 41.8 Å². The van der Waals surface area contributed by atoms with Crippen LogP contribution in [0.2, 0.25) is 0 Å². The highest BCUT2D eigenvalue weighted by Gasteiger charge is 2.35. The van der Waals surface area contributed by atoms with Gasteiger partial charge in [0.1, 0.15) is 11.8 Å². The van der Waals surface area contributed by atoms with Gasteiger partial charge in [-0.15, -0.1) is 11.3 Å². The van der Waals surface area contributed by atoms with E-state index in [2.05, 4.69) is 5.10 Å². The Balaban J connectivity index is 1.30. The molecule has 152 valence electrons. The van der Waals surface area contributed by atoms with Crippen LogP contribution in [-0.2, 0) is 9.53 Å². The number of hydrazone groups is 1. The Kier molecular flexibility index (Phi) is 4.72. The molecule has 0 aliphatic carbocycles. The standard InChI is InChI=1S/C21H16N2O6S/c24-20(11-27-21(25)13-5-6-17-18(9-13)29-12-28-17)23-15(16-3-1-7-26-16)10-14(22-23)19-4-2-8-30-19/h1-9,15H,10-12H2. The fourth-order valence-electron chi connectivity index (χ4n) is 3.33. The Morgan fingerprint density at radius 3 is 2.87 bits per heavy atom. The van der Waals surface area contributed by atoms with Crippen molar-refractivity contribution < 1.29 is 28.2 Å². The van der Waals surface area contributed by atoms with Crippen LogP contribution in [0.4, 0.5) is 0 Å². The Bertz CT molecular complexity index is 1110. The number of ether oxygens (including phenoxy) is 3. The average Bonchev–Trinajstić information content (AvgIpc) is 3.56. The van der Waals surface area contributed by atoms with Gasteiger partial charge in [0, 0.05) is 6.42 Å². The van der Waals surface area contributed by atoms with E-state index in [4.69, 9.17) is 18.6 Å². The van der Waals surface area contributed by atoms with E-state index in [9.17, 15) is 9.59 Å². The van der Waals surface area contributed by atoms with Crippen LogP contribution < -0.4 is 9.47 Å². The minimum Gasteiger partial charge on any atom is -0.467 e. The molecule has 0 N–H and O–H groups in total. The second kappa shape index (κ2) is 7.68. The molecule has 1 unspecified atom stereocenters. The molecule has 0 radical (unpaired) electrons. The highest BCUT2D eigenvalue weighted by Crippen LogP contribution is 2.34. The van der Waals surface area contributed by atoms with Crippen molar-refractivity contribution in [2.75, 3.05) is 13.4 Å². The van der Waals surface area contributed by atoms with Gasteiger partial charge in [0.2, 0.25) is 6.79 Å². The Hall–Kier alpha value is -3.59. The van der Waals surface area contributed by atoms with Crippen molar-refractivity contribution in [1.82, 2.24) is 5.01 Å². The van der Waals surface area contributed by atoms with Gasteiger partial charge < -0.3 is 18.6 Å². The molecule has 2 aliphatic rings. The predicted octanol–water partition coefficient (Wildman–Crippen LogP) is 3.60. The first-order valence-electron chi connectivity index (χ1n) is 9.22. The van der Waals surface area contributed by atoms with E-state index in [1.807, 2.05) is 17.5 Å². The van der Waals surface area contributed by atoms with Gasteiger partial charge >= 0.3 is 5.97 Å². The van der Waals surface area contributed by atoms with Crippen molar-refractivity contribution in [2.24, 2.45) is 5.10 Å². The number of furan rings is 1. The highest BCUT2D eigenvalue weighted by molar-refractivity contribution is 7.12. The molecule has 30 heavy (non-hydrogen) atoms. The summed E-state index contributed by atoms with van der Waals surface area (Å²) in [5.74, 6) is 0.602. The number of amides is 1. The maximum atomic E-state index is 12.8. The van der Waals surface area contributed by atoms with Crippen LogP contribution in [0.15, 0.2) is 63.6 Å². The van der Waals surface area contributed by atoms with Gasteiger partial charge in [-0.25, -0.2) is 9.80 Å². The number of carbonyl (C=O) groups is 2. The van der Waals surface area contributed by atoms with Gasteiger partial charge in [0.15, 0.2) is 18.1 Å². The van der Waals surface area contributed by atoms with Crippen LogP contribution in [0.5, 0.6) is 11.5 Å². The summed E-state index contributed by atoms with van der Waals surface area (Å²) in [4.78, 5) is 26.2. The van der Waals surface area contributed by atoms with Crippen LogP contribution >= 0.6 is 11.3 Å². The summed E-state index contributed by atoms with van der Waals surface area (Å²) in [6.07, 6.45) is 2.08. The Morgan fingerprint density at radius 1 is 1.17 bits per heavy atom. The first kappa shape index (κ1) is 18.4. The van der Waals surface area contributed by atoms with E-state index < -0.39 is 18.5 Å². The minimum atomic E-state index is -0.627.